The molecule has 1 fully saturated rings. The first kappa shape index (κ1) is 16.5. The van der Waals surface area contributed by atoms with E-state index in [0.29, 0.717) is 19.6 Å². The van der Waals surface area contributed by atoms with E-state index in [1.54, 1.807) is 6.20 Å². The summed E-state index contributed by atoms with van der Waals surface area (Å²) >= 11 is 0. The van der Waals surface area contributed by atoms with Crippen molar-refractivity contribution in [3.63, 3.8) is 0 Å². The lowest BCUT2D eigenvalue weighted by atomic mass is 10.0. The normalized spacial score (nSPS) is 17.5. The van der Waals surface area contributed by atoms with Crippen LogP contribution in [0.1, 0.15) is 23.6 Å². The summed E-state index contributed by atoms with van der Waals surface area (Å²) < 4.78 is 5.71. The van der Waals surface area contributed by atoms with Gasteiger partial charge in [-0.3, -0.25) is 9.78 Å². The number of hydrogen-bond donors (Lipinski definition) is 1. The van der Waals surface area contributed by atoms with Crippen molar-refractivity contribution in [1.82, 2.24) is 15.2 Å². The molecule has 126 valence electrons. The van der Waals surface area contributed by atoms with E-state index in [9.17, 15) is 4.79 Å². The van der Waals surface area contributed by atoms with Crippen LogP contribution in [-0.2, 0) is 4.79 Å². The molecule has 1 aliphatic rings. The maximum atomic E-state index is 12.6. The number of rotatable bonds is 5. The third-order valence-corrected chi connectivity index (χ3v) is 4.21. The number of carbonyl (C=O) groups is 1. The molecule has 1 aromatic carbocycles. The quantitative estimate of drug-likeness (QED) is 0.917. The molecule has 1 atom stereocenters. The highest BCUT2D eigenvalue weighted by atomic mass is 16.5. The van der Waals surface area contributed by atoms with Crippen molar-refractivity contribution in [3.8, 4) is 5.75 Å². The number of carbonyl (C=O) groups excluding carboxylic acids is 1. The van der Waals surface area contributed by atoms with Crippen LogP contribution >= 0.6 is 0 Å². The van der Waals surface area contributed by atoms with Gasteiger partial charge < -0.3 is 15.0 Å². The Bertz CT molecular complexity index is 675. The van der Waals surface area contributed by atoms with Gasteiger partial charge in [0.25, 0.3) is 0 Å². The summed E-state index contributed by atoms with van der Waals surface area (Å²) in [4.78, 5) is 18.7. The lowest BCUT2D eigenvalue weighted by molar-refractivity contribution is -0.135. The molecule has 0 radical (unpaired) electrons. The smallest absolute Gasteiger partial charge is 0.226 e. The van der Waals surface area contributed by atoms with Gasteiger partial charge in [0.05, 0.1) is 19.1 Å². The number of piperazine rings is 1. The molecule has 2 heterocycles. The number of hydrogen-bond acceptors (Lipinski definition) is 4. The van der Waals surface area contributed by atoms with Gasteiger partial charge in [0.15, 0.2) is 0 Å². The predicted molar refractivity (Wildman–Crippen MR) is 92.9 cm³/mol. The summed E-state index contributed by atoms with van der Waals surface area (Å²) in [5.74, 6) is 0.935. The molecule has 1 amide bonds. The number of pyridine rings is 1. The van der Waals surface area contributed by atoms with Crippen LogP contribution in [-0.4, -0.2) is 42.0 Å². The molecule has 1 aliphatic heterocycles. The molecule has 0 bridgehead atoms. The predicted octanol–water partition coefficient (Wildman–Crippen LogP) is 2.33. The third-order valence-electron chi connectivity index (χ3n) is 4.21. The molecule has 0 spiro atoms. The molecule has 3 rings (SSSR count). The second-order valence-corrected chi connectivity index (χ2v) is 6.01. The topological polar surface area (TPSA) is 54.5 Å². The lowest BCUT2D eigenvalue weighted by Gasteiger charge is -2.36. The van der Waals surface area contributed by atoms with E-state index >= 15 is 0 Å². The number of nitrogens with zero attached hydrogens (tertiary/aromatic N) is 2. The SMILES string of the molecule is Cc1cccc(OCCC(=O)N2CCNCC2c2cccnc2)c1. The Labute approximate surface area is 142 Å². The molecule has 1 aromatic heterocycles. The van der Waals surface area contributed by atoms with Gasteiger partial charge in [-0.2, -0.15) is 0 Å². The van der Waals surface area contributed by atoms with Crippen molar-refractivity contribution in [2.24, 2.45) is 0 Å². The molecule has 24 heavy (non-hydrogen) atoms. The first-order valence-electron chi connectivity index (χ1n) is 8.33. The van der Waals surface area contributed by atoms with E-state index in [1.165, 1.54) is 0 Å². The number of aromatic nitrogens is 1. The minimum atomic E-state index is 0.0407. The highest BCUT2D eigenvalue weighted by Crippen LogP contribution is 2.22. The highest BCUT2D eigenvalue weighted by molar-refractivity contribution is 5.77. The van der Waals surface area contributed by atoms with Crippen LogP contribution in [0.2, 0.25) is 0 Å². The van der Waals surface area contributed by atoms with Crippen molar-refractivity contribution >= 4 is 5.91 Å². The summed E-state index contributed by atoms with van der Waals surface area (Å²) in [6, 6.07) is 11.9. The largest absolute Gasteiger partial charge is 0.493 e. The molecule has 1 saturated heterocycles. The molecule has 1 N–H and O–H groups in total. The van der Waals surface area contributed by atoms with Gasteiger partial charge in [0.2, 0.25) is 5.91 Å². The zero-order valence-electron chi connectivity index (χ0n) is 13.9. The Morgan fingerprint density at radius 3 is 3.08 bits per heavy atom. The molecular formula is C19H23N3O2. The first-order valence-corrected chi connectivity index (χ1v) is 8.33. The van der Waals surface area contributed by atoms with Crippen LogP contribution < -0.4 is 10.1 Å². The van der Waals surface area contributed by atoms with Crippen LogP contribution in [0.4, 0.5) is 0 Å². The minimum absolute atomic E-state index is 0.0407. The molecular weight excluding hydrogens is 302 g/mol. The minimum Gasteiger partial charge on any atom is -0.493 e. The zero-order chi connectivity index (χ0) is 16.8. The Kier molecular flexibility index (Phi) is 5.43. The Hall–Kier alpha value is -2.40. The third kappa shape index (κ3) is 4.11. The average molecular weight is 325 g/mol. The molecule has 5 nitrogen and oxygen atoms in total. The van der Waals surface area contributed by atoms with Crippen molar-refractivity contribution in [2.45, 2.75) is 19.4 Å². The molecule has 0 saturated carbocycles. The van der Waals surface area contributed by atoms with Gasteiger partial charge in [-0.15, -0.1) is 0 Å². The van der Waals surface area contributed by atoms with Gasteiger partial charge >= 0.3 is 0 Å². The fraction of sp³-hybridized carbons (Fsp3) is 0.368. The second-order valence-electron chi connectivity index (χ2n) is 6.01. The molecule has 0 aliphatic carbocycles. The Morgan fingerprint density at radius 2 is 2.29 bits per heavy atom. The van der Waals surface area contributed by atoms with Crippen LogP contribution in [0.3, 0.4) is 0 Å². The van der Waals surface area contributed by atoms with Gasteiger partial charge in [-0.25, -0.2) is 0 Å². The number of benzene rings is 1. The first-order chi connectivity index (χ1) is 11.7. The fourth-order valence-corrected chi connectivity index (χ4v) is 2.98. The fourth-order valence-electron chi connectivity index (χ4n) is 2.98. The van der Waals surface area contributed by atoms with Gasteiger partial charge in [0, 0.05) is 32.0 Å². The number of aryl methyl sites for hydroxylation is 1. The summed E-state index contributed by atoms with van der Waals surface area (Å²) in [7, 11) is 0. The summed E-state index contributed by atoms with van der Waals surface area (Å²) in [5.41, 5.74) is 2.22. The van der Waals surface area contributed by atoms with E-state index in [4.69, 9.17) is 4.74 Å². The molecule has 2 aromatic rings. The maximum absolute atomic E-state index is 12.6. The number of amides is 1. The highest BCUT2D eigenvalue weighted by Gasteiger charge is 2.27. The van der Waals surface area contributed by atoms with Crippen LogP contribution in [0, 0.1) is 6.92 Å². The van der Waals surface area contributed by atoms with E-state index in [0.717, 1.165) is 30.0 Å². The van der Waals surface area contributed by atoms with Crippen molar-refractivity contribution in [3.05, 3.63) is 59.9 Å². The van der Waals surface area contributed by atoms with Crippen molar-refractivity contribution in [1.29, 1.82) is 0 Å². The Balaban J connectivity index is 1.58. The summed E-state index contributed by atoms with van der Waals surface area (Å²) in [5, 5.41) is 3.35. The van der Waals surface area contributed by atoms with E-state index in [2.05, 4.69) is 10.3 Å². The van der Waals surface area contributed by atoms with Crippen LogP contribution in [0.25, 0.3) is 0 Å². The zero-order valence-corrected chi connectivity index (χ0v) is 13.9. The van der Waals surface area contributed by atoms with Gasteiger partial charge in [-0.1, -0.05) is 18.2 Å². The number of ether oxygens (including phenoxy) is 1. The second kappa shape index (κ2) is 7.93. The van der Waals surface area contributed by atoms with E-state index in [1.807, 2.05) is 54.4 Å². The average Bonchev–Trinajstić information content (AvgIpc) is 2.62. The van der Waals surface area contributed by atoms with Crippen molar-refractivity contribution < 1.29 is 9.53 Å². The van der Waals surface area contributed by atoms with Crippen LogP contribution in [0.5, 0.6) is 5.75 Å². The van der Waals surface area contributed by atoms with Crippen molar-refractivity contribution in [2.75, 3.05) is 26.2 Å². The lowest BCUT2D eigenvalue weighted by Crippen LogP contribution is -2.49. The molecule has 5 heteroatoms. The Morgan fingerprint density at radius 1 is 1.38 bits per heavy atom. The molecule has 1 unspecified atom stereocenters. The van der Waals surface area contributed by atoms with Crippen LogP contribution in [0.15, 0.2) is 48.8 Å². The monoisotopic (exact) mass is 325 g/mol. The summed E-state index contributed by atoms with van der Waals surface area (Å²) in [6.07, 6.45) is 3.97. The number of nitrogens with one attached hydrogen (secondary N) is 1. The van der Waals surface area contributed by atoms with E-state index < -0.39 is 0 Å². The summed E-state index contributed by atoms with van der Waals surface area (Å²) in [6.45, 7) is 4.71. The standard InChI is InChI=1S/C19H23N3O2/c1-15-4-2-6-17(12-15)24-11-7-19(23)22-10-9-21-14-18(22)16-5-3-8-20-13-16/h2-6,8,12-13,18,21H,7,9-11,14H2,1H3. The van der Waals surface area contributed by atoms with E-state index in [-0.39, 0.29) is 11.9 Å². The van der Waals surface area contributed by atoms with Gasteiger partial charge in [0.1, 0.15) is 5.75 Å². The van der Waals surface area contributed by atoms with Gasteiger partial charge in [-0.05, 0) is 36.2 Å². The maximum Gasteiger partial charge on any atom is 0.226 e.